The van der Waals surface area contributed by atoms with Crippen molar-refractivity contribution in [2.45, 2.75) is 32.0 Å². The van der Waals surface area contributed by atoms with Crippen molar-refractivity contribution in [2.75, 3.05) is 6.61 Å². The number of aliphatic carboxylic acids is 1. The summed E-state index contributed by atoms with van der Waals surface area (Å²) in [5, 5.41) is 8.80. The van der Waals surface area contributed by atoms with Crippen LogP contribution in [-0.4, -0.2) is 35.9 Å². The van der Waals surface area contributed by atoms with Crippen molar-refractivity contribution in [1.29, 1.82) is 0 Å². The maximum Gasteiger partial charge on any atom is 0.423 e. The normalized spacial score (nSPS) is 26.2. The van der Waals surface area contributed by atoms with Crippen molar-refractivity contribution in [1.82, 2.24) is 0 Å². The standard InChI is InChI=1S/C11H14F3NO4/c1-2-19-10(18)8(11(12,13)14)6-3-5(9(16)17)4-7(6)15/h5,7H,2-4,15H2,1H3,(H,16,17)/b8-6+/t5-,7-/m0/s1. The highest BCUT2D eigenvalue weighted by atomic mass is 19.4. The second-order valence-electron chi connectivity index (χ2n) is 4.20. The molecule has 0 spiro atoms. The van der Waals surface area contributed by atoms with Crippen LogP contribution in [0, 0.1) is 5.92 Å². The summed E-state index contributed by atoms with van der Waals surface area (Å²) < 4.78 is 43.0. The second kappa shape index (κ2) is 5.60. The van der Waals surface area contributed by atoms with Crippen LogP contribution in [0.25, 0.3) is 0 Å². The third-order valence-corrected chi connectivity index (χ3v) is 2.89. The SMILES string of the molecule is CCOC(=O)/C(=C1/C[C@H](C(=O)O)C[C@@H]1N)C(F)(F)F. The summed E-state index contributed by atoms with van der Waals surface area (Å²) in [5.74, 6) is -3.74. The molecule has 3 N–H and O–H groups in total. The lowest BCUT2D eigenvalue weighted by Crippen LogP contribution is -2.29. The fourth-order valence-electron chi connectivity index (χ4n) is 2.06. The number of ether oxygens (including phenoxy) is 1. The number of carboxylic acid groups (broad SMARTS) is 1. The minimum Gasteiger partial charge on any atom is -0.481 e. The van der Waals surface area contributed by atoms with Gasteiger partial charge in [0.05, 0.1) is 12.5 Å². The zero-order valence-corrected chi connectivity index (χ0v) is 10.2. The van der Waals surface area contributed by atoms with Gasteiger partial charge >= 0.3 is 18.1 Å². The Morgan fingerprint density at radius 3 is 2.42 bits per heavy atom. The van der Waals surface area contributed by atoms with E-state index in [0.29, 0.717) is 0 Å². The molecule has 1 fully saturated rings. The third-order valence-electron chi connectivity index (χ3n) is 2.89. The summed E-state index contributed by atoms with van der Waals surface area (Å²) in [4.78, 5) is 22.2. The number of carbonyl (C=O) groups is 2. The molecule has 0 radical (unpaired) electrons. The van der Waals surface area contributed by atoms with Gasteiger partial charge in [-0.25, -0.2) is 4.79 Å². The first-order valence-electron chi connectivity index (χ1n) is 5.64. The summed E-state index contributed by atoms with van der Waals surface area (Å²) >= 11 is 0. The smallest absolute Gasteiger partial charge is 0.423 e. The number of carboxylic acids is 1. The van der Waals surface area contributed by atoms with E-state index in [4.69, 9.17) is 10.8 Å². The van der Waals surface area contributed by atoms with Gasteiger partial charge in [0.15, 0.2) is 0 Å². The van der Waals surface area contributed by atoms with E-state index in [-0.39, 0.29) is 19.4 Å². The Bertz CT molecular complexity index is 417. The first-order chi connectivity index (χ1) is 8.68. The van der Waals surface area contributed by atoms with Crippen LogP contribution in [-0.2, 0) is 14.3 Å². The van der Waals surface area contributed by atoms with Crippen molar-refractivity contribution < 1.29 is 32.6 Å². The number of hydrogen-bond donors (Lipinski definition) is 2. The van der Waals surface area contributed by atoms with E-state index in [2.05, 4.69) is 4.74 Å². The molecule has 1 aliphatic rings. The van der Waals surface area contributed by atoms with Gasteiger partial charge in [0.2, 0.25) is 0 Å². The van der Waals surface area contributed by atoms with E-state index in [1.54, 1.807) is 0 Å². The quantitative estimate of drug-likeness (QED) is 0.600. The molecule has 0 unspecified atom stereocenters. The molecule has 0 aromatic rings. The average Bonchev–Trinajstić information content (AvgIpc) is 2.59. The van der Waals surface area contributed by atoms with Gasteiger partial charge in [-0.3, -0.25) is 4.79 Å². The van der Waals surface area contributed by atoms with Gasteiger partial charge < -0.3 is 15.6 Å². The fourth-order valence-corrected chi connectivity index (χ4v) is 2.06. The second-order valence-corrected chi connectivity index (χ2v) is 4.20. The lowest BCUT2D eigenvalue weighted by atomic mass is 10.0. The predicted molar refractivity (Wildman–Crippen MR) is 58.0 cm³/mol. The molecule has 8 heteroatoms. The Balaban J connectivity index is 3.19. The summed E-state index contributed by atoms with van der Waals surface area (Å²) in [6.07, 6.45) is -5.42. The molecular weight excluding hydrogens is 267 g/mol. The first kappa shape index (κ1) is 15.5. The highest BCUT2D eigenvalue weighted by Crippen LogP contribution is 2.38. The number of rotatable bonds is 3. The molecule has 0 bridgehead atoms. The van der Waals surface area contributed by atoms with Crippen LogP contribution in [0.1, 0.15) is 19.8 Å². The van der Waals surface area contributed by atoms with E-state index in [0.717, 1.165) is 0 Å². The van der Waals surface area contributed by atoms with Gasteiger partial charge in [0.1, 0.15) is 5.57 Å². The van der Waals surface area contributed by atoms with Crippen molar-refractivity contribution in [2.24, 2.45) is 11.7 Å². The number of nitrogens with two attached hydrogens (primary N) is 1. The van der Waals surface area contributed by atoms with Gasteiger partial charge in [-0.2, -0.15) is 13.2 Å². The van der Waals surface area contributed by atoms with Gasteiger partial charge in [-0.05, 0) is 25.3 Å². The topological polar surface area (TPSA) is 89.6 Å². The highest BCUT2D eigenvalue weighted by Gasteiger charge is 2.46. The fraction of sp³-hybridized carbons (Fsp3) is 0.636. The highest BCUT2D eigenvalue weighted by molar-refractivity contribution is 5.91. The van der Waals surface area contributed by atoms with E-state index in [1.807, 2.05) is 0 Å². The van der Waals surface area contributed by atoms with Crippen LogP contribution < -0.4 is 5.73 Å². The van der Waals surface area contributed by atoms with Crippen LogP contribution >= 0.6 is 0 Å². The first-order valence-corrected chi connectivity index (χ1v) is 5.64. The average molecular weight is 281 g/mol. The lowest BCUT2D eigenvalue weighted by molar-refractivity contribution is -0.151. The van der Waals surface area contributed by atoms with Gasteiger partial charge in [-0.1, -0.05) is 0 Å². The maximum absolute atomic E-state index is 12.9. The molecule has 0 heterocycles. The van der Waals surface area contributed by atoms with Gasteiger partial charge in [-0.15, -0.1) is 0 Å². The van der Waals surface area contributed by atoms with Crippen molar-refractivity contribution in [3.63, 3.8) is 0 Å². The Morgan fingerprint density at radius 2 is 2.05 bits per heavy atom. The molecule has 0 aromatic heterocycles. The molecule has 5 nitrogen and oxygen atoms in total. The monoisotopic (exact) mass is 281 g/mol. The Labute approximate surface area is 107 Å². The van der Waals surface area contributed by atoms with E-state index < -0.39 is 41.2 Å². The molecule has 1 rings (SSSR count). The molecule has 0 aromatic carbocycles. The predicted octanol–water partition coefficient (Wildman–Crippen LogP) is 1.23. The minimum absolute atomic E-state index is 0.121. The van der Waals surface area contributed by atoms with Crippen LogP contribution in [0.3, 0.4) is 0 Å². The lowest BCUT2D eigenvalue weighted by Gasteiger charge is -2.16. The molecular formula is C11H14F3NO4. The van der Waals surface area contributed by atoms with Crippen LogP contribution in [0.2, 0.25) is 0 Å². The van der Waals surface area contributed by atoms with Crippen LogP contribution in [0.5, 0.6) is 0 Å². The summed E-state index contributed by atoms with van der Waals surface area (Å²) in [6, 6.07) is -1.10. The minimum atomic E-state index is -4.91. The summed E-state index contributed by atoms with van der Waals surface area (Å²) in [5.41, 5.74) is 3.65. The Hall–Kier alpha value is -1.57. The van der Waals surface area contributed by atoms with E-state index in [1.165, 1.54) is 6.92 Å². The Kier molecular flexibility index (Phi) is 4.56. The zero-order chi connectivity index (χ0) is 14.8. The number of hydrogen-bond acceptors (Lipinski definition) is 4. The van der Waals surface area contributed by atoms with Crippen molar-refractivity contribution >= 4 is 11.9 Å². The third kappa shape index (κ3) is 3.46. The molecule has 0 saturated heterocycles. The number of alkyl halides is 3. The maximum atomic E-state index is 12.9. The Morgan fingerprint density at radius 1 is 1.47 bits per heavy atom. The van der Waals surface area contributed by atoms with E-state index >= 15 is 0 Å². The number of halogens is 3. The van der Waals surface area contributed by atoms with Gasteiger partial charge in [0.25, 0.3) is 0 Å². The molecule has 0 amide bonds. The summed E-state index contributed by atoms with van der Waals surface area (Å²) in [6.45, 7) is 1.18. The summed E-state index contributed by atoms with van der Waals surface area (Å²) in [7, 11) is 0. The molecule has 2 atom stereocenters. The van der Waals surface area contributed by atoms with Crippen molar-refractivity contribution in [3.8, 4) is 0 Å². The molecule has 108 valence electrons. The van der Waals surface area contributed by atoms with Gasteiger partial charge in [0, 0.05) is 6.04 Å². The van der Waals surface area contributed by atoms with Crippen LogP contribution in [0.15, 0.2) is 11.1 Å². The molecule has 1 saturated carbocycles. The number of esters is 1. The van der Waals surface area contributed by atoms with Crippen molar-refractivity contribution in [3.05, 3.63) is 11.1 Å². The zero-order valence-electron chi connectivity index (χ0n) is 10.2. The molecule has 0 aliphatic heterocycles. The molecule has 19 heavy (non-hydrogen) atoms. The largest absolute Gasteiger partial charge is 0.481 e. The van der Waals surface area contributed by atoms with Crippen LogP contribution in [0.4, 0.5) is 13.2 Å². The molecule has 1 aliphatic carbocycles. The number of carbonyl (C=O) groups excluding carboxylic acids is 1. The van der Waals surface area contributed by atoms with E-state index in [9.17, 15) is 22.8 Å².